The third-order valence-electron chi connectivity index (χ3n) is 11.5. The average Bonchev–Trinajstić information content (AvgIpc) is 3.19. The lowest BCUT2D eigenvalue weighted by atomic mass is 9.82. The maximum atomic E-state index is 12.8. The molecule has 0 radical (unpaired) electrons. The van der Waals surface area contributed by atoms with Crippen LogP contribution in [0, 0.1) is 13.1 Å². The van der Waals surface area contributed by atoms with Gasteiger partial charge in [-0.25, -0.2) is 38.4 Å². The summed E-state index contributed by atoms with van der Waals surface area (Å²) < 4.78 is 140. The van der Waals surface area contributed by atoms with Crippen LogP contribution in [-0.4, -0.2) is 95.2 Å². The monoisotopic (exact) mass is 1060 g/mol. The largest absolute Gasteiger partial charge is 0.417 e. The Morgan fingerprint density at radius 3 is 1.42 bits per heavy atom. The van der Waals surface area contributed by atoms with E-state index in [9.17, 15) is 75.6 Å². The summed E-state index contributed by atoms with van der Waals surface area (Å²) in [7, 11) is -9.18. The van der Waals surface area contributed by atoms with Gasteiger partial charge < -0.3 is 14.9 Å². The number of aldehydes is 2. The van der Waals surface area contributed by atoms with Gasteiger partial charge in [-0.15, -0.1) is 0 Å². The van der Waals surface area contributed by atoms with Crippen LogP contribution in [0.25, 0.3) is 9.69 Å². The molecular weight excluding hydrogens is 1010 g/mol. The molecule has 0 atom stereocenters. The van der Waals surface area contributed by atoms with Gasteiger partial charge in [-0.2, -0.15) is 26.3 Å². The lowest BCUT2D eigenvalue weighted by Gasteiger charge is -2.38. The first-order valence-corrected chi connectivity index (χ1v) is 27.5. The van der Waals surface area contributed by atoms with E-state index < -0.39 is 85.9 Å². The molecule has 7 rings (SSSR count). The van der Waals surface area contributed by atoms with Crippen LogP contribution in [0.5, 0.6) is 0 Å². The number of nitrogens with one attached hydrogen (secondary N) is 1. The first-order valence-electron chi connectivity index (χ1n) is 21.6. The molecule has 1 N–H and O–H groups in total. The molecule has 3 amide bonds. The van der Waals surface area contributed by atoms with Gasteiger partial charge in [-0.1, -0.05) is 54.5 Å². The zero-order valence-electron chi connectivity index (χ0n) is 39.0. The van der Waals surface area contributed by atoms with Crippen molar-refractivity contribution >= 4 is 60.3 Å². The molecule has 2 saturated carbocycles. The van der Waals surface area contributed by atoms with Crippen molar-refractivity contribution in [1.29, 1.82) is 0 Å². The Balaban J connectivity index is 0.000000304. The van der Waals surface area contributed by atoms with E-state index in [1.54, 1.807) is 12.2 Å². The fraction of sp³-hybridized carbons (Fsp3) is 0.468. The number of hydrogen-bond acceptors (Lipinski definition) is 11. The van der Waals surface area contributed by atoms with Crippen molar-refractivity contribution in [3.05, 3.63) is 129 Å². The number of halogens is 6. The van der Waals surface area contributed by atoms with E-state index >= 15 is 0 Å². The van der Waals surface area contributed by atoms with Gasteiger partial charge in [0.05, 0.1) is 27.0 Å². The number of rotatable bonds is 12. The Labute approximate surface area is 409 Å². The number of imide groups is 1. The van der Waals surface area contributed by atoms with E-state index in [1.165, 1.54) is 48.6 Å². The topological polar surface area (TPSA) is 212 Å². The van der Waals surface area contributed by atoms with Crippen LogP contribution < -0.4 is 5.32 Å². The maximum absolute atomic E-state index is 12.8. The molecule has 2 fully saturated rings. The van der Waals surface area contributed by atoms with Crippen molar-refractivity contribution in [2.45, 2.75) is 112 Å². The van der Waals surface area contributed by atoms with Crippen LogP contribution in [0.3, 0.4) is 0 Å². The lowest BCUT2D eigenvalue weighted by molar-refractivity contribution is -0.138. The third kappa shape index (κ3) is 18.3. The van der Waals surface area contributed by atoms with Gasteiger partial charge in [-0.3, -0.25) is 29.0 Å². The normalized spacial score (nSPS) is 16.8. The summed E-state index contributed by atoms with van der Waals surface area (Å²) >= 11 is 0. The Morgan fingerprint density at radius 1 is 0.704 bits per heavy atom. The van der Waals surface area contributed by atoms with E-state index in [2.05, 4.69) is 21.1 Å². The number of carbonyl (C=O) groups is 5. The fourth-order valence-electron chi connectivity index (χ4n) is 6.58. The first kappa shape index (κ1) is 61.1. The summed E-state index contributed by atoms with van der Waals surface area (Å²) in [6.45, 7) is 12.8. The summed E-state index contributed by atoms with van der Waals surface area (Å²) in [6.07, 6.45) is 11.9. The molecule has 0 aromatic heterocycles. The highest BCUT2D eigenvalue weighted by Crippen LogP contribution is 2.41. The number of amides is 3. The molecule has 0 spiro atoms. The Bertz CT molecular complexity index is 2770. The van der Waals surface area contributed by atoms with Gasteiger partial charge in [0.2, 0.25) is 26.1 Å². The minimum absolute atomic E-state index is 0.172. The van der Waals surface area contributed by atoms with Crippen molar-refractivity contribution in [2.24, 2.45) is 0 Å². The zero-order valence-corrected chi connectivity index (χ0v) is 41.5. The summed E-state index contributed by atoms with van der Waals surface area (Å²) in [4.78, 5) is 60.1. The molecule has 24 heteroatoms. The minimum atomic E-state index is -4.63. The second-order valence-electron chi connectivity index (χ2n) is 16.7. The van der Waals surface area contributed by atoms with Crippen LogP contribution in [0.2, 0.25) is 0 Å². The Hall–Kier alpha value is -5.98. The summed E-state index contributed by atoms with van der Waals surface area (Å²) in [5.41, 5.74) is -0.356. The Morgan fingerprint density at radius 2 is 1.18 bits per heavy atom. The molecule has 15 nitrogen and oxygen atoms in total. The molecule has 71 heavy (non-hydrogen) atoms. The number of sulfone groups is 3. The smallest absolute Gasteiger partial charge is 0.326 e. The molecule has 0 aliphatic heterocycles. The number of carbonyl (C=O) groups excluding carboxylic acids is 5. The van der Waals surface area contributed by atoms with Gasteiger partial charge in [0.1, 0.15) is 12.6 Å². The second-order valence-corrected chi connectivity index (χ2v) is 23.5. The zero-order chi connectivity index (χ0) is 53.9. The molecule has 2 aromatic rings. The predicted molar refractivity (Wildman–Crippen MR) is 252 cm³/mol. The van der Waals surface area contributed by atoms with E-state index in [1.807, 2.05) is 0 Å². The molecule has 0 bridgehead atoms. The second kappa shape index (κ2) is 26.5. The van der Waals surface area contributed by atoms with E-state index in [0.29, 0.717) is 69.0 Å². The molecule has 0 saturated heterocycles. The highest BCUT2D eigenvalue weighted by molar-refractivity contribution is 7.92. The molecule has 0 heterocycles. The number of hydrogen-bond donors (Lipinski definition) is 1. The fourth-order valence-corrected chi connectivity index (χ4v) is 9.41. The first-order chi connectivity index (χ1) is 33.0. The van der Waals surface area contributed by atoms with Crippen LogP contribution in [0.15, 0.2) is 83.7 Å². The van der Waals surface area contributed by atoms with Crippen LogP contribution in [-0.2, 0) is 56.2 Å². The van der Waals surface area contributed by atoms with Crippen molar-refractivity contribution < 1.29 is 75.6 Å². The summed E-state index contributed by atoms with van der Waals surface area (Å²) in [5, 5.41) is 2.47. The van der Waals surface area contributed by atoms with Crippen LogP contribution in [0.4, 0.5) is 26.3 Å². The Kier molecular flexibility index (Phi) is 22.8. The average molecular weight is 1060 g/mol. The van der Waals surface area contributed by atoms with Crippen molar-refractivity contribution in [3.63, 3.8) is 0 Å². The minimum Gasteiger partial charge on any atom is -0.326 e. The van der Waals surface area contributed by atoms with Gasteiger partial charge in [-0.05, 0) is 82.1 Å². The van der Waals surface area contributed by atoms with Crippen molar-refractivity contribution in [3.8, 4) is 0 Å². The van der Waals surface area contributed by atoms with Gasteiger partial charge in [0.15, 0.2) is 9.84 Å². The number of allylic oxidation sites excluding steroid dienone is 6. The van der Waals surface area contributed by atoms with E-state index in [-0.39, 0.29) is 18.4 Å². The standard InChI is InChI=1S/C13H10F3NO2.C12H10F3NO.C7H12O3S.C6H9NO2S.C6H8O.C3H5NO2S/c14-13(15,16)11-7-2-1-6-10(11)12(19)17(8-18)9-4-3-5-9;13-12(14,15)10-7-2-1-6-9(10)11(17)16-8-4-3-5-8;1-11(9,10)7(5-6-8)3-2-4-7;1-7-6(4-3-5-6)10(2,8)9;7-5-4-6-2-1-3-6;1-4-3-7(2,5)6/h1-2,4,6-8H,3,5H2;1-2,4,6-7H,3,5H2,(H,16,17);6H,2-5H2,1H3;3-5H2,2H3;2,5H,1,3-4H2;3H2,2H3. The maximum Gasteiger partial charge on any atom is 0.417 e. The van der Waals surface area contributed by atoms with E-state index in [0.717, 1.165) is 67.6 Å². The quantitative estimate of drug-likeness (QED) is 0.0919. The highest BCUT2D eigenvalue weighted by atomic mass is 32.2. The van der Waals surface area contributed by atoms with Crippen molar-refractivity contribution in [1.82, 2.24) is 10.2 Å². The van der Waals surface area contributed by atoms with Crippen LogP contribution in [0.1, 0.15) is 122 Å². The van der Waals surface area contributed by atoms with E-state index in [4.69, 9.17) is 13.1 Å². The number of alkyl halides is 6. The van der Waals surface area contributed by atoms with Crippen LogP contribution >= 0.6 is 0 Å². The third-order valence-corrected chi connectivity index (χ3v) is 16.1. The highest BCUT2D eigenvalue weighted by Gasteiger charge is 2.53. The summed E-state index contributed by atoms with van der Waals surface area (Å²) in [6, 6.07) is 9.20. The molecule has 0 unspecified atom stereocenters. The van der Waals surface area contributed by atoms with Crippen molar-refractivity contribution in [2.75, 3.05) is 24.6 Å². The summed E-state index contributed by atoms with van der Waals surface area (Å²) in [5.74, 6) is -2.05. The predicted octanol–water partition coefficient (Wildman–Crippen LogP) is 8.67. The molecule has 5 aliphatic carbocycles. The SMILES string of the molecule is CS(=O)(=O)C1(CC=O)CCC1.O=C(NC1=CCC1)c1ccccc1C(F)(F)F.O=CCC1=CCC1.O=CN(C(=O)c1ccccc1C(F)(F)F)C1=CCC1.[C-]#[N+]C1(S(C)(=O)=O)CCC1.[C-]#[N+]CS(C)(=O)=O. The number of nitrogens with zero attached hydrogens (tertiary/aromatic N) is 3. The molecular formula is C47H54F6N4O11S3. The van der Waals surface area contributed by atoms with Gasteiger partial charge in [0, 0.05) is 55.8 Å². The molecule has 5 aliphatic rings. The lowest BCUT2D eigenvalue weighted by Crippen LogP contribution is -2.44. The number of benzene rings is 2. The molecule has 2 aromatic carbocycles. The molecule has 388 valence electrons. The van der Waals surface area contributed by atoms with Gasteiger partial charge in [0.25, 0.3) is 11.8 Å². The van der Waals surface area contributed by atoms with Gasteiger partial charge >= 0.3 is 23.1 Å².